The number of carbonyl (C=O) groups excluding carboxylic acids is 1. The highest BCUT2D eigenvalue weighted by Crippen LogP contribution is 2.06. The molecule has 0 saturated heterocycles. The molecule has 2 rings (SSSR count). The summed E-state index contributed by atoms with van der Waals surface area (Å²) in [5.41, 5.74) is 1.86. The predicted octanol–water partition coefficient (Wildman–Crippen LogP) is 1.18. The van der Waals surface area contributed by atoms with E-state index in [1.54, 1.807) is 12.1 Å². The van der Waals surface area contributed by atoms with E-state index in [1.807, 2.05) is 12.1 Å². The summed E-state index contributed by atoms with van der Waals surface area (Å²) in [6.07, 6.45) is 1.48. The molecule has 0 radical (unpaired) electrons. The Morgan fingerprint density at radius 2 is 1.80 bits per heavy atom. The molecule has 0 spiro atoms. The lowest BCUT2D eigenvalue weighted by Crippen LogP contribution is -2.21. The number of carbonyl (C=O) groups is 1. The number of aliphatic hydroxyl groups is 1. The van der Waals surface area contributed by atoms with Crippen molar-refractivity contribution in [3.63, 3.8) is 0 Å². The largest absolute Gasteiger partial charge is 0.465 e. The van der Waals surface area contributed by atoms with Crippen LogP contribution in [0.15, 0.2) is 47.4 Å². The van der Waals surface area contributed by atoms with Crippen molar-refractivity contribution in [1.29, 1.82) is 0 Å². The van der Waals surface area contributed by atoms with Crippen LogP contribution >= 0.6 is 0 Å². The number of benzene rings is 1. The Balaban J connectivity index is 2.27. The van der Waals surface area contributed by atoms with Crippen molar-refractivity contribution in [2.24, 2.45) is 0 Å². The lowest BCUT2D eigenvalue weighted by atomic mass is 10.1. The van der Waals surface area contributed by atoms with Crippen molar-refractivity contribution >= 4 is 5.97 Å². The summed E-state index contributed by atoms with van der Waals surface area (Å²) in [4.78, 5) is 23.2. The third kappa shape index (κ3) is 3.13. The van der Waals surface area contributed by atoms with Gasteiger partial charge in [0.25, 0.3) is 5.56 Å². The number of esters is 1. The van der Waals surface area contributed by atoms with Crippen LogP contribution in [0.1, 0.15) is 21.5 Å². The van der Waals surface area contributed by atoms with Crippen molar-refractivity contribution < 1.29 is 14.6 Å². The molecule has 1 aromatic heterocycles. The average Bonchev–Trinajstić information content (AvgIpc) is 2.49. The molecule has 0 amide bonds. The van der Waals surface area contributed by atoms with Crippen LogP contribution in [0.5, 0.6) is 0 Å². The van der Waals surface area contributed by atoms with E-state index >= 15 is 0 Å². The van der Waals surface area contributed by atoms with Gasteiger partial charge in [0.2, 0.25) is 0 Å². The Labute approximate surface area is 116 Å². The van der Waals surface area contributed by atoms with Gasteiger partial charge in [0.15, 0.2) is 0 Å². The highest BCUT2D eigenvalue weighted by Gasteiger charge is 2.07. The van der Waals surface area contributed by atoms with Crippen molar-refractivity contribution in [1.82, 2.24) is 4.57 Å². The first-order chi connectivity index (χ1) is 9.63. The summed E-state index contributed by atoms with van der Waals surface area (Å²) in [5.74, 6) is -0.477. The van der Waals surface area contributed by atoms with Gasteiger partial charge in [-0.2, -0.15) is 0 Å². The lowest BCUT2D eigenvalue weighted by molar-refractivity contribution is 0.0599. The molecule has 0 aliphatic rings. The molecule has 0 unspecified atom stereocenters. The molecule has 1 N–H and O–H groups in total. The fourth-order valence-corrected chi connectivity index (χ4v) is 1.84. The maximum Gasteiger partial charge on any atom is 0.339 e. The Morgan fingerprint density at radius 1 is 1.15 bits per heavy atom. The molecule has 0 aliphatic carbocycles. The highest BCUT2D eigenvalue weighted by atomic mass is 16.5. The summed E-state index contributed by atoms with van der Waals surface area (Å²) in [7, 11) is 1.30. The van der Waals surface area contributed by atoms with Crippen molar-refractivity contribution in [2.45, 2.75) is 13.2 Å². The van der Waals surface area contributed by atoms with Crippen LogP contribution in [-0.4, -0.2) is 22.8 Å². The number of nitrogens with zero attached hydrogens (tertiary/aromatic N) is 1. The van der Waals surface area contributed by atoms with Crippen LogP contribution in [-0.2, 0) is 17.9 Å². The van der Waals surface area contributed by atoms with Gasteiger partial charge in [0, 0.05) is 12.3 Å². The van der Waals surface area contributed by atoms with Gasteiger partial charge >= 0.3 is 5.97 Å². The number of pyridine rings is 1. The van der Waals surface area contributed by atoms with Gasteiger partial charge in [-0.15, -0.1) is 0 Å². The van der Waals surface area contributed by atoms with E-state index in [0.717, 1.165) is 11.1 Å². The molecular weight excluding hydrogens is 258 g/mol. The van der Waals surface area contributed by atoms with Crippen LogP contribution in [0.3, 0.4) is 0 Å². The molecule has 0 aliphatic heterocycles. The zero-order valence-corrected chi connectivity index (χ0v) is 11.1. The first-order valence-corrected chi connectivity index (χ1v) is 6.11. The van der Waals surface area contributed by atoms with E-state index in [2.05, 4.69) is 4.74 Å². The first-order valence-electron chi connectivity index (χ1n) is 6.11. The molecule has 2 aromatic rings. The minimum absolute atomic E-state index is 0.0158. The fraction of sp³-hybridized carbons (Fsp3) is 0.200. The lowest BCUT2D eigenvalue weighted by Gasteiger charge is -2.08. The summed E-state index contributed by atoms with van der Waals surface area (Å²) in [6.45, 7) is 0.341. The van der Waals surface area contributed by atoms with Gasteiger partial charge in [-0.1, -0.05) is 24.3 Å². The molecule has 0 fully saturated rings. The Kier molecular flexibility index (Phi) is 4.32. The molecular formula is C15H15NO4. The smallest absolute Gasteiger partial charge is 0.339 e. The second-order valence-electron chi connectivity index (χ2n) is 4.35. The number of methoxy groups -OCH3 is 1. The summed E-state index contributed by atoms with van der Waals surface area (Å²) in [6, 6.07) is 10.1. The van der Waals surface area contributed by atoms with Gasteiger partial charge in [0.1, 0.15) is 0 Å². The fourth-order valence-electron chi connectivity index (χ4n) is 1.84. The highest BCUT2D eigenvalue weighted by molar-refractivity contribution is 5.88. The average molecular weight is 273 g/mol. The van der Waals surface area contributed by atoms with Crippen molar-refractivity contribution in [3.05, 3.63) is 69.6 Å². The standard InChI is InChI=1S/C15H15NO4/c1-20-15(19)13-6-7-14(18)16(9-13)8-11-2-4-12(10-17)5-3-11/h2-7,9,17H,8,10H2,1H3. The van der Waals surface area contributed by atoms with Crippen LogP contribution in [0.2, 0.25) is 0 Å². The van der Waals surface area contributed by atoms with E-state index in [0.29, 0.717) is 12.1 Å². The monoisotopic (exact) mass is 273 g/mol. The number of aliphatic hydroxyl groups excluding tert-OH is 1. The molecule has 20 heavy (non-hydrogen) atoms. The third-order valence-corrected chi connectivity index (χ3v) is 2.96. The van der Waals surface area contributed by atoms with Crippen molar-refractivity contribution in [3.8, 4) is 0 Å². The van der Waals surface area contributed by atoms with E-state index in [-0.39, 0.29) is 12.2 Å². The Hall–Kier alpha value is -2.40. The first kappa shape index (κ1) is 14.0. The van der Waals surface area contributed by atoms with Gasteiger partial charge in [0.05, 0.1) is 25.8 Å². The second kappa shape index (κ2) is 6.16. The van der Waals surface area contributed by atoms with E-state index in [1.165, 1.54) is 30.0 Å². The van der Waals surface area contributed by atoms with Crippen molar-refractivity contribution in [2.75, 3.05) is 7.11 Å². The predicted molar refractivity (Wildman–Crippen MR) is 73.5 cm³/mol. The number of hydrogen-bond acceptors (Lipinski definition) is 4. The number of aromatic nitrogens is 1. The van der Waals surface area contributed by atoms with E-state index < -0.39 is 5.97 Å². The molecule has 0 bridgehead atoms. The van der Waals surface area contributed by atoms with Crippen LogP contribution in [0.25, 0.3) is 0 Å². The summed E-state index contributed by atoms with van der Waals surface area (Å²) < 4.78 is 6.07. The molecule has 5 nitrogen and oxygen atoms in total. The molecule has 1 aromatic carbocycles. The maximum absolute atomic E-state index is 11.8. The normalized spacial score (nSPS) is 10.3. The van der Waals surface area contributed by atoms with E-state index in [4.69, 9.17) is 5.11 Å². The Bertz CT molecular complexity index is 658. The minimum atomic E-state index is -0.477. The number of rotatable bonds is 4. The number of hydrogen-bond donors (Lipinski definition) is 1. The third-order valence-electron chi connectivity index (χ3n) is 2.96. The quantitative estimate of drug-likeness (QED) is 0.849. The zero-order valence-electron chi connectivity index (χ0n) is 11.1. The van der Waals surface area contributed by atoms with E-state index in [9.17, 15) is 9.59 Å². The molecule has 1 heterocycles. The zero-order chi connectivity index (χ0) is 14.5. The number of ether oxygens (including phenoxy) is 1. The molecule has 104 valence electrons. The van der Waals surface area contributed by atoms with Crippen LogP contribution in [0, 0.1) is 0 Å². The molecule has 0 atom stereocenters. The van der Waals surface area contributed by atoms with Gasteiger partial charge < -0.3 is 14.4 Å². The molecule has 0 saturated carbocycles. The van der Waals surface area contributed by atoms with Crippen LogP contribution < -0.4 is 5.56 Å². The van der Waals surface area contributed by atoms with Gasteiger partial charge in [-0.25, -0.2) is 4.79 Å². The topological polar surface area (TPSA) is 68.5 Å². The Morgan fingerprint density at radius 3 is 2.40 bits per heavy atom. The summed E-state index contributed by atoms with van der Waals surface area (Å²) in [5, 5.41) is 8.98. The van der Waals surface area contributed by atoms with Gasteiger partial charge in [-0.3, -0.25) is 4.79 Å². The maximum atomic E-state index is 11.8. The van der Waals surface area contributed by atoms with Gasteiger partial charge in [-0.05, 0) is 17.2 Å². The second-order valence-corrected chi connectivity index (χ2v) is 4.35. The summed E-state index contributed by atoms with van der Waals surface area (Å²) >= 11 is 0. The SMILES string of the molecule is COC(=O)c1ccc(=O)n(Cc2ccc(CO)cc2)c1. The minimum Gasteiger partial charge on any atom is -0.465 e. The molecule has 5 heteroatoms. The van der Waals surface area contributed by atoms with Crippen LogP contribution in [0.4, 0.5) is 0 Å².